The van der Waals surface area contributed by atoms with Crippen molar-refractivity contribution in [2.45, 2.75) is 30.0 Å². The van der Waals surface area contributed by atoms with E-state index in [4.69, 9.17) is 5.73 Å². The van der Waals surface area contributed by atoms with Crippen LogP contribution >= 0.6 is 0 Å². The normalized spacial score (nSPS) is 12.2. The van der Waals surface area contributed by atoms with Crippen molar-refractivity contribution in [2.75, 3.05) is 0 Å². The maximum atomic E-state index is 10.5. The second-order valence-corrected chi connectivity index (χ2v) is 8.31. The summed E-state index contributed by atoms with van der Waals surface area (Å²) in [6.45, 7) is 1.77. The zero-order valence-electron chi connectivity index (χ0n) is 7.42. The number of nitrogens with two attached hydrogens (primary N) is 1. The van der Waals surface area contributed by atoms with E-state index in [1.54, 1.807) is 6.92 Å². The number of hydrogen-bond donors (Lipinski definition) is 1. The van der Waals surface area contributed by atoms with E-state index >= 15 is 0 Å². The van der Waals surface area contributed by atoms with Crippen LogP contribution in [0.2, 0.25) is 16.6 Å². The third kappa shape index (κ3) is 6.18. The Morgan fingerprint density at radius 1 is 1.55 bits per heavy atom. The minimum absolute atomic E-state index is 0.295. The average Bonchev–Trinajstić information content (AvgIpc) is 1.86. The second kappa shape index (κ2) is 5.42. The molecule has 0 aliphatic carbocycles. The summed E-state index contributed by atoms with van der Waals surface area (Å²) in [6.07, 6.45) is 2.96. The van der Waals surface area contributed by atoms with Crippen LogP contribution in [0, 0.1) is 0 Å². The van der Waals surface area contributed by atoms with Crippen molar-refractivity contribution in [1.29, 1.82) is 0 Å². The minimum atomic E-state index is -0.515. The van der Waals surface area contributed by atoms with E-state index in [0.29, 0.717) is 5.57 Å². The third-order valence-electron chi connectivity index (χ3n) is 1.42. The summed E-state index contributed by atoms with van der Waals surface area (Å²) in [5, 5.41) is 1.26. The third-order valence-corrected chi connectivity index (χ3v) is 3.83. The molecule has 1 amide bonds. The monoisotopic (exact) mass is 217 g/mol. The predicted molar refractivity (Wildman–Crippen MR) is 49.9 cm³/mol. The molecule has 0 unspecified atom stereocenters. The van der Waals surface area contributed by atoms with Gasteiger partial charge in [0.2, 0.25) is 0 Å². The van der Waals surface area contributed by atoms with E-state index in [0.717, 1.165) is 6.42 Å². The molecule has 2 nitrogen and oxygen atoms in total. The van der Waals surface area contributed by atoms with Crippen LogP contribution in [0.4, 0.5) is 0 Å². The molecule has 0 radical (unpaired) electrons. The molecule has 0 fully saturated rings. The molecule has 11 heavy (non-hydrogen) atoms. The Morgan fingerprint density at radius 3 is 2.45 bits per heavy atom. The van der Waals surface area contributed by atoms with E-state index < -0.39 is 14.7 Å². The van der Waals surface area contributed by atoms with E-state index in [2.05, 4.69) is 11.4 Å². The number of rotatable bonds is 4. The van der Waals surface area contributed by atoms with E-state index in [-0.39, 0.29) is 5.91 Å². The number of primary amides is 1. The van der Waals surface area contributed by atoms with Crippen LogP contribution in [0.5, 0.6) is 0 Å². The molecule has 0 saturated carbocycles. The number of carbonyl (C=O) groups is 1. The van der Waals surface area contributed by atoms with Crippen LogP contribution in [0.15, 0.2) is 11.6 Å². The van der Waals surface area contributed by atoms with Crippen molar-refractivity contribution < 1.29 is 4.79 Å². The molecule has 0 aliphatic heterocycles. The number of hydrogen-bond acceptors (Lipinski definition) is 1. The number of amides is 1. The first kappa shape index (κ1) is 10.8. The summed E-state index contributed by atoms with van der Waals surface area (Å²) >= 11 is -0.515. The summed E-state index contributed by atoms with van der Waals surface area (Å²) in [6, 6.07) is 0. The fourth-order valence-electron chi connectivity index (χ4n) is 0.640. The standard InChI is InChI=1S/C8H16AsNO/c1-7(8(10)11)5-4-6-9(2)3/h5H,4,6H2,1-3H3,(H2,10,11)/b7-5+. The van der Waals surface area contributed by atoms with E-state index in [9.17, 15) is 4.79 Å². The van der Waals surface area contributed by atoms with Gasteiger partial charge >= 0.3 is 72.7 Å². The molecular weight excluding hydrogens is 201 g/mol. The van der Waals surface area contributed by atoms with Crippen molar-refractivity contribution in [3.63, 3.8) is 0 Å². The van der Waals surface area contributed by atoms with Gasteiger partial charge in [-0.25, -0.2) is 0 Å². The molecule has 0 spiro atoms. The van der Waals surface area contributed by atoms with Crippen LogP contribution in [0.1, 0.15) is 13.3 Å². The van der Waals surface area contributed by atoms with Gasteiger partial charge in [-0.15, -0.1) is 0 Å². The molecule has 0 aromatic heterocycles. The molecule has 0 aromatic rings. The summed E-state index contributed by atoms with van der Waals surface area (Å²) in [5.41, 5.74) is 10.4. The van der Waals surface area contributed by atoms with Crippen molar-refractivity contribution in [3.8, 4) is 0 Å². The summed E-state index contributed by atoms with van der Waals surface area (Å²) in [7, 11) is 0. The molecule has 0 aliphatic rings. The van der Waals surface area contributed by atoms with Crippen LogP contribution in [0.3, 0.4) is 0 Å². The van der Waals surface area contributed by atoms with Crippen LogP contribution in [-0.2, 0) is 4.79 Å². The summed E-state index contributed by atoms with van der Waals surface area (Å²) in [5.74, 6) is -0.295. The van der Waals surface area contributed by atoms with Gasteiger partial charge < -0.3 is 0 Å². The van der Waals surface area contributed by atoms with Crippen LogP contribution in [0.25, 0.3) is 0 Å². The Balaban J connectivity index is 3.65. The van der Waals surface area contributed by atoms with Crippen molar-refractivity contribution >= 4 is 20.6 Å². The second-order valence-electron chi connectivity index (χ2n) is 2.84. The molecule has 0 bridgehead atoms. The van der Waals surface area contributed by atoms with Gasteiger partial charge in [0.1, 0.15) is 0 Å². The molecule has 0 rings (SSSR count). The average molecular weight is 217 g/mol. The molecule has 2 N–H and O–H groups in total. The van der Waals surface area contributed by atoms with Gasteiger partial charge in [-0.3, -0.25) is 0 Å². The first-order valence-corrected chi connectivity index (χ1v) is 8.73. The first-order valence-electron chi connectivity index (χ1n) is 3.65. The molecule has 64 valence electrons. The van der Waals surface area contributed by atoms with Crippen molar-refractivity contribution in [2.24, 2.45) is 5.73 Å². The molecule has 0 heterocycles. The Labute approximate surface area is 73.1 Å². The van der Waals surface area contributed by atoms with Crippen molar-refractivity contribution in [3.05, 3.63) is 11.6 Å². The predicted octanol–water partition coefficient (Wildman–Crippen LogP) is 1.56. The van der Waals surface area contributed by atoms with E-state index in [1.165, 1.54) is 5.21 Å². The zero-order chi connectivity index (χ0) is 8.85. The topological polar surface area (TPSA) is 43.1 Å². The molecule has 0 aromatic carbocycles. The zero-order valence-corrected chi connectivity index (χ0v) is 9.30. The fraction of sp³-hybridized carbons (Fsp3) is 0.625. The van der Waals surface area contributed by atoms with Gasteiger partial charge in [-0.05, 0) is 0 Å². The van der Waals surface area contributed by atoms with Crippen molar-refractivity contribution in [1.82, 2.24) is 0 Å². The quantitative estimate of drug-likeness (QED) is 0.563. The maximum absolute atomic E-state index is 10.5. The van der Waals surface area contributed by atoms with Gasteiger partial charge in [-0.2, -0.15) is 0 Å². The fourth-order valence-corrected chi connectivity index (χ4v) is 1.99. The molecule has 0 saturated heterocycles. The number of allylic oxidation sites excluding steroid dienone is 1. The van der Waals surface area contributed by atoms with Crippen LogP contribution in [-0.4, -0.2) is 20.6 Å². The van der Waals surface area contributed by atoms with Gasteiger partial charge in [0, 0.05) is 0 Å². The van der Waals surface area contributed by atoms with Gasteiger partial charge in [0.25, 0.3) is 0 Å². The Kier molecular flexibility index (Phi) is 5.31. The number of carbonyl (C=O) groups excluding carboxylic acids is 1. The van der Waals surface area contributed by atoms with Gasteiger partial charge in [0.15, 0.2) is 0 Å². The summed E-state index contributed by atoms with van der Waals surface area (Å²) in [4.78, 5) is 10.5. The summed E-state index contributed by atoms with van der Waals surface area (Å²) < 4.78 is 0. The van der Waals surface area contributed by atoms with Crippen LogP contribution < -0.4 is 5.73 Å². The van der Waals surface area contributed by atoms with E-state index in [1.807, 2.05) is 6.08 Å². The SMILES string of the molecule is C/C(=C\CC[As](C)C)C(N)=O. The molecular formula is C8H16AsNO. The molecule has 0 atom stereocenters. The first-order chi connectivity index (χ1) is 5.04. The Hall–Kier alpha value is -0.232. The Bertz CT molecular complexity index is 163. The van der Waals surface area contributed by atoms with Gasteiger partial charge in [0.05, 0.1) is 0 Å². The Morgan fingerprint density at radius 2 is 2.09 bits per heavy atom. The van der Waals surface area contributed by atoms with Gasteiger partial charge in [-0.1, -0.05) is 0 Å². The molecule has 3 heteroatoms.